The van der Waals surface area contributed by atoms with Crippen LogP contribution < -0.4 is 5.73 Å². The highest BCUT2D eigenvalue weighted by Crippen LogP contribution is 2.22. The van der Waals surface area contributed by atoms with Gasteiger partial charge < -0.3 is 10.5 Å². The van der Waals surface area contributed by atoms with Crippen molar-refractivity contribution < 1.29 is 13.2 Å². The summed E-state index contributed by atoms with van der Waals surface area (Å²) in [4.78, 5) is 0.340. The van der Waals surface area contributed by atoms with E-state index in [1.165, 1.54) is 4.31 Å². The Hall–Kier alpha value is -0.950. The van der Waals surface area contributed by atoms with Crippen LogP contribution in [0.15, 0.2) is 29.2 Å². The number of hydrogen-bond acceptors (Lipinski definition) is 4. The second-order valence-electron chi connectivity index (χ2n) is 5.05. The Labute approximate surface area is 120 Å². The number of benzene rings is 1. The zero-order chi connectivity index (χ0) is 14.6. The number of sulfonamides is 1. The van der Waals surface area contributed by atoms with Gasteiger partial charge in [0.1, 0.15) is 0 Å². The van der Waals surface area contributed by atoms with Crippen molar-refractivity contribution in [1.29, 1.82) is 0 Å². The summed E-state index contributed by atoms with van der Waals surface area (Å²) in [5.74, 6) is 0. The van der Waals surface area contributed by atoms with Gasteiger partial charge in [-0.2, -0.15) is 4.31 Å². The number of nitrogens with zero attached hydrogens (tertiary/aromatic N) is 1. The third kappa shape index (κ3) is 3.38. The molecule has 2 rings (SSSR count). The first-order chi connectivity index (χ1) is 9.55. The Balaban J connectivity index is 2.15. The molecule has 1 saturated heterocycles. The van der Waals surface area contributed by atoms with Crippen LogP contribution in [0, 0.1) is 0 Å². The van der Waals surface area contributed by atoms with Crippen molar-refractivity contribution in [1.82, 2.24) is 4.31 Å². The third-order valence-electron chi connectivity index (χ3n) is 3.74. The van der Waals surface area contributed by atoms with Crippen molar-refractivity contribution in [2.45, 2.75) is 30.2 Å². The van der Waals surface area contributed by atoms with Crippen LogP contribution in [0.2, 0.25) is 0 Å². The predicted molar refractivity (Wildman–Crippen MR) is 78.0 cm³/mol. The summed E-state index contributed by atoms with van der Waals surface area (Å²) in [6.45, 7) is 1.81. The van der Waals surface area contributed by atoms with E-state index in [0.29, 0.717) is 24.7 Å². The Bertz CT molecular complexity index is 522. The van der Waals surface area contributed by atoms with E-state index in [9.17, 15) is 8.42 Å². The molecule has 2 N–H and O–H groups in total. The molecular weight excluding hydrogens is 276 g/mol. The van der Waals surface area contributed by atoms with Crippen LogP contribution >= 0.6 is 0 Å². The van der Waals surface area contributed by atoms with Crippen LogP contribution in [0.25, 0.3) is 0 Å². The van der Waals surface area contributed by atoms with Crippen molar-refractivity contribution in [3.8, 4) is 0 Å². The molecule has 0 atom stereocenters. The maximum absolute atomic E-state index is 12.6. The average molecular weight is 298 g/mol. The van der Waals surface area contributed by atoms with Crippen LogP contribution in [-0.2, 0) is 21.2 Å². The molecule has 0 unspecified atom stereocenters. The Kier molecular flexibility index (Phi) is 5.15. The summed E-state index contributed by atoms with van der Waals surface area (Å²) in [6, 6.07) is 7.01. The van der Waals surface area contributed by atoms with Gasteiger partial charge in [0.25, 0.3) is 0 Å². The third-order valence-corrected chi connectivity index (χ3v) is 5.66. The lowest BCUT2D eigenvalue weighted by Crippen LogP contribution is -2.40. The first-order valence-electron chi connectivity index (χ1n) is 6.90. The highest BCUT2D eigenvalue weighted by Gasteiger charge is 2.29. The molecule has 0 saturated carbocycles. The maximum atomic E-state index is 12.6. The molecule has 0 aromatic heterocycles. The standard InChI is InChI=1S/C14H22N2O3S/c1-16(13-7-10-19-11-8-13)20(17,18)14-4-2-12(3-5-14)6-9-15/h2-5,13H,6-11,15H2,1H3. The van der Waals surface area contributed by atoms with Crippen LogP contribution in [0.3, 0.4) is 0 Å². The second kappa shape index (κ2) is 6.67. The molecule has 5 nitrogen and oxygen atoms in total. The van der Waals surface area contributed by atoms with Gasteiger partial charge in [0, 0.05) is 26.3 Å². The van der Waals surface area contributed by atoms with Crippen molar-refractivity contribution in [3.05, 3.63) is 29.8 Å². The van der Waals surface area contributed by atoms with E-state index in [2.05, 4.69) is 0 Å². The summed E-state index contributed by atoms with van der Waals surface area (Å²) in [7, 11) is -1.77. The monoisotopic (exact) mass is 298 g/mol. The Morgan fingerprint density at radius 2 is 1.85 bits per heavy atom. The Morgan fingerprint density at radius 1 is 1.25 bits per heavy atom. The zero-order valence-corrected chi connectivity index (χ0v) is 12.6. The predicted octanol–water partition coefficient (Wildman–Crippen LogP) is 0.987. The minimum atomic E-state index is -3.42. The lowest BCUT2D eigenvalue weighted by atomic mass is 10.1. The summed E-state index contributed by atoms with van der Waals surface area (Å²) >= 11 is 0. The number of nitrogens with two attached hydrogens (primary N) is 1. The summed E-state index contributed by atoms with van der Waals surface area (Å²) in [6.07, 6.45) is 2.26. The summed E-state index contributed by atoms with van der Waals surface area (Å²) in [5, 5.41) is 0. The SMILES string of the molecule is CN(C1CCOCC1)S(=O)(=O)c1ccc(CCN)cc1. The molecule has 1 aromatic carbocycles. The number of ether oxygens (including phenoxy) is 1. The molecule has 1 heterocycles. The van der Waals surface area contributed by atoms with Crippen LogP contribution in [0.5, 0.6) is 0 Å². The molecule has 0 radical (unpaired) electrons. The largest absolute Gasteiger partial charge is 0.381 e. The average Bonchev–Trinajstić information content (AvgIpc) is 2.48. The van der Waals surface area contributed by atoms with Crippen molar-refractivity contribution in [2.75, 3.05) is 26.8 Å². The van der Waals surface area contributed by atoms with E-state index in [0.717, 1.165) is 24.8 Å². The lowest BCUT2D eigenvalue weighted by Gasteiger charge is -2.30. The molecule has 1 aromatic rings. The highest BCUT2D eigenvalue weighted by atomic mass is 32.2. The fourth-order valence-corrected chi connectivity index (χ4v) is 3.82. The fourth-order valence-electron chi connectivity index (χ4n) is 2.41. The molecule has 1 fully saturated rings. The maximum Gasteiger partial charge on any atom is 0.243 e. The van der Waals surface area contributed by atoms with Gasteiger partial charge in [-0.1, -0.05) is 12.1 Å². The number of rotatable bonds is 5. The van der Waals surface area contributed by atoms with E-state index >= 15 is 0 Å². The van der Waals surface area contributed by atoms with E-state index in [1.54, 1.807) is 19.2 Å². The van der Waals surface area contributed by atoms with E-state index in [4.69, 9.17) is 10.5 Å². The van der Waals surface area contributed by atoms with Gasteiger partial charge >= 0.3 is 0 Å². The topological polar surface area (TPSA) is 72.6 Å². The molecule has 1 aliphatic heterocycles. The second-order valence-corrected chi connectivity index (χ2v) is 7.04. The quantitative estimate of drug-likeness (QED) is 0.880. The molecular formula is C14H22N2O3S. The Morgan fingerprint density at radius 3 is 2.40 bits per heavy atom. The van der Waals surface area contributed by atoms with Crippen LogP contribution in [0.4, 0.5) is 0 Å². The van der Waals surface area contributed by atoms with Crippen LogP contribution in [0.1, 0.15) is 18.4 Å². The lowest BCUT2D eigenvalue weighted by molar-refractivity contribution is 0.0632. The molecule has 20 heavy (non-hydrogen) atoms. The minimum absolute atomic E-state index is 0.0254. The highest BCUT2D eigenvalue weighted by molar-refractivity contribution is 7.89. The summed E-state index contributed by atoms with van der Waals surface area (Å²) < 4.78 is 31.9. The van der Waals surface area contributed by atoms with E-state index in [1.807, 2.05) is 12.1 Å². The van der Waals surface area contributed by atoms with Crippen molar-refractivity contribution in [2.24, 2.45) is 5.73 Å². The molecule has 112 valence electrons. The normalized spacial score (nSPS) is 17.6. The smallest absolute Gasteiger partial charge is 0.243 e. The first-order valence-corrected chi connectivity index (χ1v) is 8.34. The van der Waals surface area contributed by atoms with Crippen molar-refractivity contribution >= 4 is 10.0 Å². The van der Waals surface area contributed by atoms with Gasteiger partial charge in [-0.25, -0.2) is 8.42 Å². The van der Waals surface area contributed by atoms with Gasteiger partial charge in [0.15, 0.2) is 0 Å². The van der Waals surface area contributed by atoms with Gasteiger partial charge in [0.2, 0.25) is 10.0 Å². The molecule has 0 amide bonds. The molecule has 1 aliphatic rings. The minimum Gasteiger partial charge on any atom is -0.381 e. The van der Waals surface area contributed by atoms with Gasteiger partial charge in [0.05, 0.1) is 4.90 Å². The zero-order valence-electron chi connectivity index (χ0n) is 11.8. The van der Waals surface area contributed by atoms with E-state index in [-0.39, 0.29) is 6.04 Å². The van der Waals surface area contributed by atoms with Gasteiger partial charge in [-0.05, 0) is 43.5 Å². The summed E-state index contributed by atoms with van der Waals surface area (Å²) in [5.41, 5.74) is 6.55. The van der Waals surface area contributed by atoms with Crippen molar-refractivity contribution in [3.63, 3.8) is 0 Å². The van der Waals surface area contributed by atoms with E-state index < -0.39 is 10.0 Å². The van der Waals surface area contributed by atoms with Gasteiger partial charge in [-0.15, -0.1) is 0 Å². The first kappa shape index (κ1) is 15.4. The fraction of sp³-hybridized carbons (Fsp3) is 0.571. The molecule has 6 heteroatoms. The number of hydrogen-bond donors (Lipinski definition) is 1. The van der Waals surface area contributed by atoms with Crippen LogP contribution in [-0.4, -0.2) is 45.6 Å². The van der Waals surface area contributed by atoms with Gasteiger partial charge in [-0.3, -0.25) is 0 Å². The molecule has 0 aliphatic carbocycles. The molecule has 0 spiro atoms. The molecule has 0 bridgehead atoms.